The molecule has 1 amide bonds. The minimum Gasteiger partial charge on any atom is -0.507 e. The molecule has 5 N–H and O–H groups in total. The number of aromatic hydroxyl groups is 1. The summed E-state index contributed by atoms with van der Waals surface area (Å²) in [4.78, 5) is 12.1. The van der Waals surface area contributed by atoms with E-state index in [0.29, 0.717) is 24.5 Å². The van der Waals surface area contributed by atoms with Gasteiger partial charge in [0.1, 0.15) is 5.75 Å². The van der Waals surface area contributed by atoms with Crippen molar-refractivity contribution in [2.45, 2.75) is 22.3 Å². The van der Waals surface area contributed by atoms with Crippen LogP contribution in [0, 0.1) is 0 Å². The van der Waals surface area contributed by atoms with E-state index in [1.54, 1.807) is 36.4 Å². The van der Waals surface area contributed by atoms with E-state index in [-0.39, 0.29) is 46.7 Å². The first-order valence-corrected chi connectivity index (χ1v) is 12.8. The van der Waals surface area contributed by atoms with Gasteiger partial charge in [-0.05, 0) is 66.6 Å². The molecule has 0 heterocycles. The van der Waals surface area contributed by atoms with Crippen molar-refractivity contribution in [3.8, 4) is 5.75 Å². The highest BCUT2D eigenvalue weighted by Crippen LogP contribution is 2.26. The van der Waals surface area contributed by atoms with E-state index in [1.165, 1.54) is 18.2 Å². The molecule has 0 spiro atoms. The minimum absolute atomic E-state index is 0. The van der Waals surface area contributed by atoms with Crippen LogP contribution in [0.3, 0.4) is 0 Å². The SMILES string of the molecule is Cl.O=C(NCCO)c1cc(S(=O)(=O)c2ccc(CCNC[C@H](O)c3cccc(Cl)c3)cc2)ccc1O. The first-order chi connectivity index (χ1) is 16.7. The zero-order valence-electron chi connectivity index (χ0n) is 19.2. The predicted molar refractivity (Wildman–Crippen MR) is 140 cm³/mol. The molecule has 3 aromatic rings. The monoisotopic (exact) mass is 554 g/mol. The minimum atomic E-state index is -3.92. The molecule has 0 aromatic heterocycles. The third-order valence-corrected chi connectivity index (χ3v) is 7.32. The third kappa shape index (κ3) is 7.67. The number of amides is 1. The quantitative estimate of drug-likeness (QED) is 0.230. The zero-order chi connectivity index (χ0) is 25.4. The van der Waals surface area contributed by atoms with Crippen molar-refractivity contribution in [3.63, 3.8) is 0 Å². The third-order valence-electron chi connectivity index (χ3n) is 5.32. The molecule has 3 aromatic carbocycles. The van der Waals surface area contributed by atoms with Crippen molar-refractivity contribution >= 4 is 39.8 Å². The fourth-order valence-corrected chi connectivity index (χ4v) is 4.89. The first kappa shape index (κ1) is 29.6. The van der Waals surface area contributed by atoms with Gasteiger partial charge in [-0.2, -0.15) is 0 Å². The summed E-state index contributed by atoms with van der Waals surface area (Å²) in [5.74, 6) is -1.04. The van der Waals surface area contributed by atoms with Crippen LogP contribution in [-0.4, -0.2) is 55.9 Å². The standard InChI is InChI=1S/C25H27ClN2O6S.ClH/c26-19-3-1-2-18(14-19)24(31)16-27-11-10-17-4-6-20(7-5-17)35(33,34)21-8-9-23(30)22(15-21)25(32)28-12-13-29;/h1-9,14-15,24,27,29-31H,10-13,16H2,(H,28,32);1H/t24-;/m0./s1. The van der Waals surface area contributed by atoms with Crippen molar-refractivity contribution in [3.05, 3.63) is 88.4 Å². The molecule has 0 bridgehead atoms. The van der Waals surface area contributed by atoms with Crippen molar-refractivity contribution in [1.29, 1.82) is 0 Å². The van der Waals surface area contributed by atoms with Gasteiger partial charge in [-0.3, -0.25) is 4.79 Å². The van der Waals surface area contributed by atoms with Gasteiger partial charge < -0.3 is 26.0 Å². The van der Waals surface area contributed by atoms with Gasteiger partial charge >= 0.3 is 0 Å². The molecule has 0 saturated heterocycles. The lowest BCUT2D eigenvalue weighted by molar-refractivity contribution is 0.0942. The number of hydrogen-bond acceptors (Lipinski definition) is 7. The summed E-state index contributed by atoms with van der Waals surface area (Å²) in [6.07, 6.45) is -0.0705. The van der Waals surface area contributed by atoms with E-state index >= 15 is 0 Å². The molecule has 0 aliphatic rings. The van der Waals surface area contributed by atoms with Crippen LogP contribution in [0.1, 0.15) is 27.6 Å². The highest BCUT2D eigenvalue weighted by atomic mass is 35.5. The maximum absolute atomic E-state index is 13.0. The van der Waals surface area contributed by atoms with E-state index < -0.39 is 21.8 Å². The van der Waals surface area contributed by atoms with Gasteiger partial charge in [0.05, 0.1) is 28.1 Å². The second kappa shape index (κ2) is 13.6. The van der Waals surface area contributed by atoms with Gasteiger partial charge in [0.25, 0.3) is 5.91 Å². The lowest BCUT2D eigenvalue weighted by atomic mass is 10.1. The summed E-state index contributed by atoms with van der Waals surface area (Å²) >= 11 is 5.95. The summed E-state index contributed by atoms with van der Waals surface area (Å²) in [6.45, 7) is 0.621. The van der Waals surface area contributed by atoms with E-state index in [2.05, 4.69) is 10.6 Å². The Hall–Kier alpha value is -2.66. The van der Waals surface area contributed by atoms with Gasteiger partial charge in [0.2, 0.25) is 9.84 Å². The average molecular weight is 555 g/mol. The molecule has 0 fully saturated rings. The van der Waals surface area contributed by atoms with Crippen molar-refractivity contribution in [1.82, 2.24) is 10.6 Å². The lowest BCUT2D eigenvalue weighted by Gasteiger charge is -2.13. The lowest BCUT2D eigenvalue weighted by Crippen LogP contribution is -2.26. The van der Waals surface area contributed by atoms with Gasteiger partial charge in [-0.25, -0.2) is 8.42 Å². The normalized spacial score (nSPS) is 12.0. The summed E-state index contributed by atoms with van der Waals surface area (Å²) in [5, 5.41) is 35.2. The molecule has 11 heteroatoms. The van der Waals surface area contributed by atoms with Crippen LogP contribution in [-0.2, 0) is 16.3 Å². The molecule has 0 unspecified atom stereocenters. The number of nitrogens with one attached hydrogen (secondary N) is 2. The highest BCUT2D eigenvalue weighted by molar-refractivity contribution is 7.91. The van der Waals surface area contributed by atoms with E-state index in [4.69, 9.17) is 16.7 Å². The Bertz CT molecular complexity index is 1270. The number of aliphatic hydroxyl groups is 2. The van der Waals surface area contributed by atoms with Crippen molar-refractivity contribution in [2.75, 3.05) is 26.2 Å². The van der Waals surface area contributed by atoms with Crippen LogP contribution >= 0.6 is 24.0 Å². The Morgan fingerprint density at radius 2 is 1.67 bits per heavy atom. The topological polar surface area (TPSA) is 136 Å². The number of halogens is 2. The Morgan fingerprint density at radius 3 is 2.33 bits per heavy atom. The number of phenolic OH excluding ortho intramolecular Hbond substituents is 1. The number of benzene rings is 3. The number of carbonyl (C=O) groups is 1. The van der Waals surface area contributed by atoms with Crippen LogP contribution in [0.2, 0.25) is 5.02 Å². The molecule has 0 saturated carbocycles. The molecule has 194 valence electrons. The number of carbonyl (C=O) groups excluding carboxylic acids is 1. The molecule has 1 atom stereocenters. The molecule has 36 heavy (non-hydrogen) atoms. The van der Waals surface area contributed by atoms with Crippen LogP contribution in [0.25, 0.3) is 0 Å². The van der Waals surface area contributed by atoms with Crippen LogP contribution in [0.5, 0.6) is 5.75 Å². The summed E-state index contributed by atoms with van der Waals surface area (Å²) in [5.41, 5.74) is 1.44. The molecular formula is C25H28Cl2N2O6S. The van der Waals surface area contributed by atoms with Gasteiger partial charge in [0, 0.05) is 18.1 Å². The largest absolute Gasteiger partial charge is 0.507 e. The summed E-state index contributed by atoms with van der Waals surface area (Å²) in [7, 11) is -3.92. The van der Waals surface area contributed by atoms with Gasteiger partial charge in [-0.1, -0.05) is 35.9 Å². The second-order valence-corrected chi connectivity index (χ2v) is 10.2. The molecule has 3 rings (SSSR count). The zero-order valence-corrected chi connectivity index (χ0v) is 21.6. The Balaban J connectivity index is 0.00000456. The summed E-state index contributed by atoms with van der Waals surface area (Å²) in [6, 6.07) is 16.9. The fourth-order valence-electron chi connectivity index (χ4n) is 3.40. The molecule has 0 aliphatic carbocycles. The van der Waals surface area contributed by atoms with Gasteiger partial charge in [0.15, 0.2) is 0 Å². The highest BCUT2D eigenvalue weighted by Gasteiger charge is 2.21. The molecule has 0 aliphatic heterocycles. The van der Waals surface area contributed by atoms with E-state index in [1.807, 2.05) is 0 Å². The molecule has 0 radical (unpaired) electrons. The maximum atomic E-state index is 13.0. The molecular weight excluding hydrogens is 527 g/mol. The Morgan fingerprint density at radius 1 is 0.972 bits per heavy atom. The van der Waals surface area contributed by atoms with Gasteiger partial charge in [-0.15, -0.1) is 12.4 Å². The second-order valence-electron chi connectivity index (χ2n) is 7.83. The molecule has 8 nitrogen and oxygen atoms in total. The van der Waals surface area contributed by atoms with Crippen LogP contribution < -0.4 is 10.6 Å². The number of hydrogen-bond donors (Lipinski definition) is 5. The smallest absolute Gasteiger partial charge is 0.255 e. The predicted octanol–water partition coefficient (Wildman–Crippen LogP) is 2.89. The Kier molecular flexibility index (Phi) is 11.2. The number of rotatable bonds is 11. The Labute approximate surface area is 221 Å². The average Bonchev–Trinajstić information content (AvgIpc) is 2.85. The van der Waals surface area contributed by atoms with Crippen molar-refractivity contribution < 1.29 is 28.5 Å². The van der Waals surface area contributed by atoms with E-state index in [9.17, 15) is 23.4 Å². The van der Waals surface area contributed by atoms with Crippen LogP contribution in [0.4, 0.5) is 0 Å². The number of sulfone groups is 1. The first-order valence-electron chi connectivity index (χ1n) is 10.9. The van der Waals surface area contributed by atoms with Crippen molar-refractivity contribution in [2.24, 2.45) is 0 Å². The number of aliphatic hydroxyl groups excluding tert-OH is 2. The van der Waals surface area contributed by atoms with E-state index in [0.717, 1.165) is 23.3 Å². The fraction of sp³-hybridized carbons (Fsp3) is 0.240. The van der Waals surface area contributed by atoms with Crippen LogP contribution in [0.15, 0.2) is 76.5 Å². The maximum Gasteiger partial charge on any atom is 0.255 e. The summed E-state index contributed by atoms with van der Waals surface area (Å²) < 4.78 is 26.1. The number of phenols is 1.